The van der Waals surface area contributed by atoms with Gasteiger partial charge in [-0.2, -0.15) is 9.78 Å². The van der Waals surface area contributed by atoms with Crippen LogP contribution in [-0.4, -0.2) is 30.8 Å². The van der Waals surface area contributed by atoms with E-state index in [-0.39, 0.29) is 0 Å². The summed E-state index contributed by atoms with van der Waals surface area (Å²) in [4.78, 5) is 24.8. The zero-order chi connectivity index (χ0) is 18.7. The summed E-state index contributed by atoms with van der Waals surface area (Å²) in [7, 11) is 0. The van der Waals surface area contributed by atoms with Crippen molar-refractivity contribution in [1.82, 2.24) is 30.0 Å². The summed E-state index contributed by atoms with van der Waals surface area (Å²) < 4.78 is 2.35. The number of nitrogens with one attached hydrogen (secondary N) is 2. The van der Waals surface area contributed by atoms with Crippen molar-refractivity contribution >= 4 is 39.2 Å². The van der Waals surface area contributed by atoms with E-state index < -0.39 is 12.1 Å². The van der Waals surface area contributed by atoms with Gasteiger partial charge < -0.3 is 10.6 Å². The normalized spacial score (nSPS) is 11.8. The van der Waals surface area contributed by atoms with Crippen LogP contribution in [0.1, 0.15) is 24.4 Å². The van der Waals surface area contributed by atoms with Gasteiger partial charge >= 0.3 is 6.03 Å². The van der Waals surface area contributed by atoms with Crippen molar-refractivity contribution in [2.75, 3.05) is 5.32 Å². The molecule has 0 aliphatic rings. The lowest BCUT2D eigenvalue weighted by Crippen LogP contribution is -2.32. The maximum absolute atomic E-state index is 12.3. The quantitative estimate of drug-likeness (QED) is 0.650. The monoisotopic (exact) mass is 435 g/mol. The van der Waals surface area contributed by atoms with Crippen molar-refractivity contribution in [3.63, 3.8) is 0 Å². The van der Waals surface area contributed by atoms with Gasteiger partial charge in [0.2, 0.25) is 0 Å². The second-order valence-corrected chi connectivity index (χ2v) is 6.74. The summed E-state index contributed by atoms with van der Waals surface area (Å²) in [5, 5.41) is 10.1. The number of hydrogen-bond donors (Lipinski definition) is 2. The van der Waals surface area contributed by atoms with Crippen LogP contribution in [0.3, 0.4) is 0 Å². The van der Waals surface area contributed by atoms with E-state index in [0.29, 0.717) is 22.5 Å². The predicted octanol–water partition coefficient (Wildman–Crippen LogP) is 3.66. The standard InChI is InChI=1S/C16H15BrClN7O/c1-9-6-13(12(18)7-11(9)17)24-16(26)23-10(2)14-21-8-22-25(14)15-19-4-3-5-20-15/h3-8,10H,1-2H3,(H2,23,24,26)/t10-/m0/s1. The molecule has 0 aliphatic carbocycles. The Balaban J connectivity index is 1.73. The van der Waals surface area contributed by atoms with Gasteiger partial charge in [-0.25, -0.2) is 19.7 Å². The molecule has 1 atom stereocenters. The number of rotatable bonds is 4. The zero-order valence-electron chi connectivity index (χ0n) is 13.9. The highest BCUT2D eigenvalue weighted by molar-refractivity contribution is 9.10. The molecule has 3 rings (SSSR count). The minimum Gasteiger partial charge on any atom is -0.328 e. The van der Waals surface area contributed by atoms with E-state index in [4.69, 9.17) is 11.6 Å². The summed E-state index contributed by atoms with van der Waals surface area (Å²) in [6, 6.07) is 4.39. The molecule has 2 aromatic heterocycles. The van der Waals surface area contributed by atoms with Crippen molar-refractivity contribution < 1.29 is 4.79 Å². The second-order valence-electron chi connectivity index (χ2n) is 5.48. The van der Waals surface area contributed by atoms with Crippen molar-refractivity contribution in [3.05, 3.63) is 57.8 Å². The number of aryl methyl sites for hydroxylation is 1. The fraction of sp³-hybridized carbons (Fsp3) is 0.188. The van der Waals surface area contributed by atoms with E-state index in [9.17, 15) is 4.79 Å². The molecule has 2 heterocycles. The Morgan fingerprint density at radius 2 is 2.00 bits per heavy atom. The van der Waals surface area contributed by atoms with E-state index in [1.165, 1.54) is 11.0 Å². The van der Waals surface area contributed by atoms with Gasteiger partial charge in [-0.15, -0.1) is 0 Å². The van der Waals surface area contributed by atoms with Crippen LogP contribution < -0.4 is 10.6 Å². The van der Waals surface area contributed by atoms with E-state index in [0.717, 1.165) is 10.0 Å². The molecule has 0 aliphatic heterocycles. The number of hydrogen-bond acceptors (Lipinski definition) is 5. The molecule has 0 saturated carbocycles. The molecular formula is C16H15BrClN7O. The van der Waals surface area contributed by atoms with Crippen molar-refractivity contribution in [2.24, 2.45) is 0 Å². The molecule has 2 amide bonds. The average molecular weight is 437 g/mol. The maximum Gasteiger partial charge on any atom is 0.319 e. The van der Waals surface area contributed by atoms with Crippen molar-refractivity contribution in [2.45, 2.75) is 19.9 Å². The highest BCUT2D eigenvalue weighted by atomic mass is 79.9. The highest BCUT2D eigenvalue weighted by Gasteiger charge is 2.18. The lowest BCUT2D eigenvalue weighted by Gasteiger charge is -2.15. The molecule has 0 fully saturated rings. The molecule has 0 spiro atoms. The summed E-state index contributed by atoms with van der Waals surface area (Å²) in [5.41, 5.74) is 1.48. The minimum atomic E-state index is -0.434. The predicted molar refractivity (Wildman–Crippen MR) is 101 cm³/mol. The molecule has 3 aromatic rings. The SMILES string of the molecule is Cc1cc(NC(=O)N[C@@H](C)c2ncnn2-c2ncccn2)c(Cl)cc1Br. The molecule has 0 saturated heterocycles. The number of aromatic nitrogens is 5. The van der Waals surface area contributed by atoms with Crippen LogP contribution in [0.4, 0.5) is 10.5 Å². The van der Waals surface area contributed by atoms with Gasteiger partial charge in [-0.05, 0) is 37.6 Å². The molecule has 2 N–H and O–H groups in total. The van der Waals surface area contributed by atoms with Crippen LogP contribution in [0.15, 0.2) is 41.4 Å². The van der Waals surface area contributed by atoms with Gasteiger partial charge in [-0.3, -0.25) is 0 Å². The smallest absolute Gasteiger partial charge is 0.319 e. The van der Waals surface area contributed by atoms with E-state index in [1.807, 2.05) is 6.92 Å². The number of benzene rings is 1. The third kappa shape index (κ3) is 4.00. The fourth-order valence-corrected chi connectivity index (χ4v) is 2.96. The van der Waals surface area contributed by atoms with Gasteiger partial charge in [0.05, 0.1) is 16.8 Å². The molecule has 26 heavy (non-hydrogen) atoms. The van der Waals surface area contributed by atoms with Crippen LogP contribution in [0, 0.1) is 6.92 Å². The fourth-order valence-electron chi connectivity index (χ4n) is 2.27. The third-order valence-electron chi connectivity index (χ3n) is 3.55. The molecule has 1 aromatic carbocycles. The van der Waals surface area contributed by atoms with Crippen LogP contribution in [0.2, 0.25) is 5.02 Å². The number of carbonyl (C=O) groups is 1. The molecule has 0 unspecified atom stereocenters. The van der Waals surface area contributed by atoms with Crippen LogP contribution in [0.5, 0.6) is 0 Å². The Morgan fingerprint density at radius 3 is 2.73 bits per heavy atom. The summed E-state index contributed by atoms with van der Waals surface area (Å²) >= 11 is 9.57. The number of carbonyl (C=O) groups excluding carboxylic acids is 1. The Labute approximate surface area is 163 Å². The third-order valence-corrected chi connectivity index (χ3v) is 4.71. The summed E-state index contributed by atoms with van der Waals surface area (Å²) in [6.45, 7) is 3.70. The lowest BCUT2D eigenvalue weighted by atomic mass is 10.2. The molecule has 8 nitrogen and oxygen atoms in total. The Kier molecular flexibility index (Phi) is 5.48. The largest absolute Gasteiger partial charge is 0.328 e. The van der Waals surface area contributed by atoms with Gasteiger partial charge in [0, 0.05) is 16.9 Å². The number of halogens is 2. The number of anilines is 1. The Hall–Kier alpha value is -2.52. The number of urea groups is 1. The number of amides is 2. The topological polar surface area (TPSA) is 97.6 Å². The minimum absolute atomic E-state index is 0.376. The Bertz CT molecular complexity index is 932. The lowest BCUT2D eigenvalue weighted by molar-refractivity contribution is 0.248. The average Bonchev–Trinajstić information content (AvgIpc) is 3.10. The Morgan fingerprint density at radius 1 is 1.27 bits per heavy atom. The van der Waals surface area contributed by atoms with Crippen LogP contribution >= 0.6 is 27.5 Å². The first-order chi connectivity index (χ1) is 12.5. The molecule has 0 radical (unpaired) electrons. The van der Waals surface area contributed by atoms with E-state index in [1.54, 1.807) is 37.5 Å². The van der Waals surface area contributed by atoms with Gasteiger partial charge in [0.1, 0.15) is 6.33 Å². The molecule has 134 valence electrons. The number of nitrogens with zero attached hydrogens (tertiary/aromatic N) is 5. The molecule has 0 bridgehead atoms. The maximum atomic E-state index is 12.3. The first kappa shape index (κ1) is 18.3. The first-order valence-electron chi connectivity index (χ1n) is 7.66. The second kappa shape index (κ2) is 7.79. The summed E-state index contributed by atoms with van der Waals surface area (Å²) in [5.74, 6) is 0.880. The molecular weight excluding hydrogens is 422 g/mol. The first-order valence-corrected chi connectivity index (χ1v) is 8.83. The van der Waals surface area contributed by atoms with Crippen molar-refractivity contribution in [1.29, 1.82) is 0 Å². The van der Waals surface area contributed by atoms with Gasteiger partial charge in [-0.1, -0.05) is 27.5 Å². The van der Waals surface area contributed by atoms with E-state index >= 15 is 0 Å². The van der Waals surface area contributed by atoms with Crippen molar-refractivity contribution in [3.8, 4) is 5.95 Å². The van der Waals surface area contributed by atoms with Crippen LogP contribution in [0.25, 0.3) is 5.95 Å². The molecule has 10 heteroatoms. The zero-order valence-corrected chi connectivity index (χ0v) is 16.3. The van der Waals surface area contributed by atoms with E-state index in [2.05, 4.69) is 46.6 Å². The van der Waals surface area contributed by atoms with Gasteiger partial charge in [0.25, 0.3) is 5.95 Å². The van der Waals surface area contributed by atoms with Gasteiger partial charge in [0.15, 0.2) is 5.82 Å². The highest BCUT2D eigenvalue weighted by Crippen LogP contribution is 2.29. The van der Waals surface area contributed by atoms with Crippen LogP contribution in [-0.2, 0) is 0 Å². The summed E-state index contributed by atoms with van der Waals surface area (Å²) in [6.07, 6.45) is 4.60.